The lowest BCUT2D eigenvalue weighted by Crippen LogP contribution is -2.39. The normalized spacial score (nSPS) is 15.2. The lowest BCUT2D eigenvalue weighted by Gasteiger charge is -2.27. The van der Waals surface area contributed by atoms with E-state index in [0.29, 0.717) is 11.1 Å². The van der Waals surface area contributed by atoms with Gasteiger partial charge in [0, 0.05) is 31.0 Å². The lowest BCUT2D eigenvalue weighted by atomic mass is 9.99. The van der Waals surface area contributed by atoms with Crippen LogP contribution in [0.1, 0.15) is 16.8 Å². The van der Waals surface area contributed by atoms with Crippen LogP contribution in [-0.4, -0.2) is 39.6 Å². The van der Waals surface area contributed by atoms with E-state index in [1.54, 1.807) is 0 Å². The zero-order valence-electron chi connectivity index (χ0n) is 17.2. The monoisotopic (exact) mass is 466 g/mol. The molecule has 4 rings (SSSR count). The number of nitrogens with zero attached hydrogens (tertiary/aromatic N) is 2. The summed E-state index contributed by atoms with van der Waals surface area (Å²) in [4.78, 5) is 8.90. The molecule has 170 valence electrons. The number of anilines is 1. The molecule has 0 fully saturated rings. The van der Waals surface area contributed by atoms with E-state index in [4.69, 9.17) is 21.5 Å². The van der Waals surface area contributed by atoms with Crippen molar-refractivity contribution in [2.75, 3.05) is 11.9 Å². The van der Waals surface area contributed by atoms with E-state index in [-0.39, 0.29) is 0 Å². The highest BCUT2D eigenvalue weighted by Crippen LogP contribution is 2.21. The van der Waals surface area contributed by atoms with E-state index in [9.17, 15) is 13.2 Å². The molecule has 0 saturated carbocycles. The van der Waals surface area contributed by atoms with Crippen molar-refractivity contribution in [2.45, 2.75) is 32.1 Å². The van der Waals surface area contributed by atoms with Crippen molar-refractivity contribution < 1.29 is 23.1 Å². The first-order valence-corrected chi connectivity index (χ1v) is 10.2. The van der Waals surface area contributed by atoms with Gasteiger partial charge in [0.15, 0.2) is 0 Å². The van der Waals surface area contributed by atoms with Crippen LogP contribution in [-0.2, 0) is 17.8 Å². The zero-order chi connectivity index (χ0) is 23.3. The highest BCUT2D eigenvalue weighted by atomic mass is 35.5. The zero-order valence-corrected chi connectivity index (χ0v) is 17.9. The first-order chi connectivity index (χ1) is 15.1. The summed E-state index contributed by atoms with van der Waals surface area (Å²) in [6.07, 6.45) is -2.18. The second kappa shape index (κ2) is 10.1. The van der Waals surface area contributed by atoms with Crippen molar-refractivity contribution in [2.24, 2.45) is 0 Å². The number of aliphatic carboxylic acids is 1. The van der Waals surface area contributed by atoms with E-state index >= 15 is 0 Å². The van der Waals surface area contributed by atoms with Gasteiger partial charge in [-0.3, -0.25) is 0 Å². The molecular formula is C22H22ClF3N4O2. The molecule has 0 saturated heterocycles. The minimum Gasteiger partial charge on any atom is -0.475 e. The van der Waals surface area contributed by atoms with Crippen LogP contribution in [0, 0.1) is 6.92 Å². The van der Waals surface area contributed by atoms with Gasteiger partial charge < -0.3 is 15.7 Å². The van der Waals surface area contributed by atoms with Crippen LogP contribution in [0.4, 0.5) is 18.9 Å². The van der Waals surface area contributed by atoms with Gasteiger partial charge in [0.2, 0.25) is 0 Å². The molecule has 0 radical (unpaired) electrons. The maximum Gasteiger partial charge on any atom is 0.490 e. The molecule has 10 heteroatoms. The quantitative estimate of drug-likeness (QED) is 0.524. The van der Waals surface area contributed by atoms with Crippen LogP contribution in [0.5, 0.6) is 0 Å². The third kappa shape index (κ3) is 6.24. The van der Waals surface area contributed by atoms with Gasteiger partial charge in [-0.25, -0.2) is 9.48 Å². The third-order valence-electron chi connectivity index (χ3n) is 4.90. The van der Waals surface area contributed by atoms with Gasteiger partial charge in [0.05, 0.1) is 16.4 Å². The molecule has 2 aromatic carbocycles. The number of para-hydroxylation sites is 1. The Morgan fingerprint density at radius 2 is 1.91 bits per heavy atom. The van der Waals surface area contributed by atoms with E-state index in [2.05, 4.69) is 64.3 Å². The Balaban J connectivity index is 0.000000360. The number of carboxylic acid groups (broad SMARTS) is 1. The van der Waals surface area contributed by atoms with Crippen molar-refractivity contribution in [3.05, 3.63) is 76.6 Å². The predicted octanol–water partition coefficient (Wildman–Crippen LogP) is 4.59. The molecule has 0 spiro atoms. The number of benzene rings is 2. The predicted molar refractivity (Wildman–Crippen MR) is 116 cm³/mol. The van der Waals surface area contributed by atoms with Crippen LogP contribution in [0.25, 0.3) is 5.69 Å². The Morgan fingerprint density at radius 3 is 2.50 bits per heavy atom. The fourth-order valence-corrected chi connectivity index (χ4v) is 3.32. The van der Waals surface area contributed by atoms with Crippen molar-refractivity contribution in [1.29, 1.82) is 0 Å². The standard InChI is InChI=1S/C20H21ClN4.C2HF3O2/c1-14-19(21)13-25(24-14)18-8-6-15(7-9-18)11-22-17-10-16-4-2-3-5-20(16)23-12-17;3-2(4,5)1(6)7/h2-9,13,17,22-23H,10-12H2,1H3;(H,6,7). The van der Waals surface area contributed by atoms with Crippen molar-refractivity contribution in [3.8, 4) is 5.69 Å². The molecular weight excluding hydrogens is 445 g/mol. The summed E-state index contributed by atoms with van der Waals surface area (Å²) in [5.74, 6) is -2.76. The summed E-state index contributed by atoms with van der Waals surface area (Å²) >= 11 is 6.08. The van der Waals surface area contributed by atoms with Crippen LogP contribution >= 0.6 is 11.6 Å². The molecule has 3 aromatic rings. The third-order valence-corrected chi connectivity index (χ3v) is 5.27. The van der Waals surface area contributed by atoms with E-state index in [1.165, 1.54) is 16.8 Å². The number of alkyl halides is 3. The van der Waals surface area contributed by atoms with Crippen molar-refractivity contribution in [1.82, 2.24) is 15.1 Å². The summed E-state index contributed by atoms with van der Waals surface area (Å²) in [5, 5.41) is 19.4. The summed E-state index contributed by atoms with van der Waals surface area (Å²) in [6, 6.07) is 17.4. The number of halogens is 4. The Kier molecular flexibility index (Phi) is 7.42. The maximum absolute atomic E-state index is 10.6. The van der Waals surface area contributed by atoms with E-state index in [0.717, 1.165) is 30.9 Å². The number of aryl methyl sites for hydroxylation is 1. The summed E-state index contributed by atoms with van der Waals surface area (Å²) in [7, 11) is 0. The molecule has 1 aliphatic rings. The van der Waals surface area contributed by atoms with E-state index in [1.807, 2.05) is 17.8 Å². The molecule has 1 aromatic heterocycles. The number of fused-ring (bicyclic) bond motifs is 1. The van der Waals surface area contributed by atoms with Gasteiger partial charge in [0.25, 0.3) is 0 Å². The van der Waals surface area contributed by atoms with Gasteiger partial charge in [-0.1, -0.05) is 41.9 Å². The van der Waals surface area contributed by atoms with Gasteiger partial charge in [-0.05, 0) is 42.7 Å². The Bertz CT molecular complexity index is 1050. The fourth-order valence-electron chi connectivity index (χ4n) is 3.19. The fraction of sp³-hybridized carbons (Fsp3) is 0.273. The molecule has 0 bridgehead atoms. The molecule has 0 aliphatic carbocycles. The molecule has 1 aliphatic heterocycles. The van der Waals surface area contributed by atoms with E-state index < -0.39 is 12.1 Å². The average molecular weight is 467 g/mol. The summed E-state index contributed by atoms with van der Waals surface area (Å²) in [5.41, 5.74) is 5.77. The molecule has 32 heavy (non-hydrogen) atoms. The lowest BCUT2D eigenvalue weighted by molar-refractivity contribution is -0.192. The topological polar surface area (TPSA) is 79.2 Å². The van der Waals surface area contributed by atoms with Crippen LogP contribution in [0.15, 0.2) is 54.7 Å². The van der Waals surface area contributed by atoms with Gasteiger partial charge >= 0.3 is 12.1 Å². The second-order valence-corrected chi connectivity index (χ2v) is 7.70. The first kappa shape index (κ1) is 23.6. The number of carboxylic acids is 1. The van der Waals surface area contributed by atoms with Gasteiger partial charge in [-0.2, -0.15) is 18.3 Å². The van der Waals surface area contributed by atoms with Crippen LogP contribution in [0.2, 0.25) is 5.02 Å². The minimum atomic E-state index is -5.08. The van der Waals surface area contributed by atoms with Gasteiger partial charge in [-0.15, -0.1) is 0 Å². The maximum atomic E-state index is 10.6. The molecule has 2 heterocycles. The smallest absolute Gasteiger partial charge is 0.475 e. The Hall–Kier alpha value is -3.04. The number of aromatic nitrogens is 2. The van der Waals surface area contributed by atoms with Crippen LogP contribution in [0.3, 0.4) is 0 Å². The minimum absolute atomic E-state index is 0.446. The summed E-state index contributed by atoms with van der Waals surface area (Å²) < 4.78 is 33.6. The molecule has 6 nitrogen and oxygen atoms in total. The SMILES string of the molecule is Cc1nn(-c2ccc(CNC3CNc4ccccc4C3)cc2)cc1Cl.O=C(O)C(F)(F)F. The highest BCUT2D eigenvalue weighted by Gasteiger charge is 2.38. The molecule has 1 unspecified atom stereocenters. The number of carbonyl (C=O) groups is 1. The number of hydrogen-bond donors (Lipinski definition) is 3. The Labute approximate surface area is 188 Å². The molecule has 0 amide bonds. The number of hydrogen-bond acceptors (Lipinski definition) is 4. The second-order valence-electron chi connectivity index (χ2n) is 7.30. The number of nitrogens with one attached hydrogen (secondary N) is 2. The average Bonchev–Trinajstić information content (AvgIpc) is 3.10. The Morgan fingerprint density at radius 1 is 1.25 bits per heavy atom. The first-order valence-electron chi connectivity index (χ1n) is 9.80. The van der Waals surface area contributed by atoms with Crippen molar-refractivity contribution >= 4 is 23.3 Å². The largest absolute Gasteiger partial charge is 0.490 e. The van der Waals surface area contributed by atoms with Crippen molar-refractivity contribution in [3.63, 3.8) is 0 Å². The highest BCUT2D eigenvalue weighted by molar-refractivity contribution is 6.31. The molecule has 1 atom stereocenters. The van der Waals surface area contributed by atoms with Gasteiger partial charge in [0.1, 0.15) is 0 Å². The number of rotatable bonds is 4. The molecule has 3 N–H and O–H groups in total. The van der Waals surface area contributed by atoms with Crippen LogP contribution < -0.4 is 10.6 Å². The summed E-state index contributed by atoms with van der Waals surface area (Å²) in [6.45, 7) is 3.72.